The van der Waals surface area contributed by atoms with E-state index in [0.717, 1.165) is 37.1 Å². The molecule has 1 aromatic carbocycles. The van der Waals surface area contributed by atoms with E-state index < -0.39 is 0 Å². The maximum absolute atomic E-state index is 5.96. The van der Waals surface area contributed by atoms with E-state index in [0.29, 0.717) is 6.04 Å². The van der Waals surface area contributed by atoms with Crippen LogP contribution in [0.5, 0.6) is 0 Å². The fraction of sp³-hybridized carbons (Fsp3) is 0.647. The molecular weight excluding hydrogens is 282 g/mol. The minimum atomic E-state index is 0.681. The second-order valence-corrected chi connectivity index (χ2v) is 6.88. The first-order chi connectivity index (χ1) is 10.2. The maximum Gasteiger partial charge on any atom is 0.0407 e. The minimum absolute atomic E-state index is 0.681. The summed E-state index contributed by atoms with van der Waals surface area (Å²) in [5.74, 6) is 0.813. The first kappa shape index (κ1) is 15.1. The van der Waals surface area contributed by atoms with Gasteiger partial charge in [0.05, 0.1) is 0 Å². The Morgan fingerprint density at radius 1 is 1.14 bits per heavy atom. The van der Waals surface area contributed by atoms with Crippen molar-refractivity contribution >= 4 is 17.3 Å². The number of nitrogens with zero attached hydrogens (tertiary/aromatic N) is 2. The van der Waals surface area contributed by atoms with Crippen molar-refractivity contribution in [3.8, 4) is 0 Å². The van der Waals surface area contributed by atoms with Crippen LogP contribution >= 0.6 is 11.6 Å². The zero-order chi connectivity index (χ0) is 14.7. The smallest absolute Gasteiger partial charge is 0.0407 e. The van der Waals surface area contributed by atoms with Crippen LogP contribution in [0.15, 0.2) is 24.3 Å². The van der Waals surface area contributed by atoms with Crippen LogP contribution in [0, 0.1) is 5.92 Å². The molecule has 2 saturated heterocycles. The van der Waals surface area contributed by atoms with Crippen molar-refractivity contribution in [2.24, 2.45) is 5.92 Å². The molecule has 2 heterocycles. The molecule has 3 nitrogen and oxygen atoms in total. The molecule has 2 aliphatic rings. The molecule has 0 bridgehead atoms. The number of hydrogen-bond donors (Lipinski definition) is 1. The summed E-state index contributed by atoms with van der Waals surface area (Å²) in [6.45, 7) is 9.34. The van der Waals surface area contributed by atoms with E-state index in [4.69, 9.17) is 11.6 Å². The predicted octanol–water partition coefficient (Wildman–Crippen LogP) is 2.85. The molecule has 0 saturated carbocycles. The Balaban J connectivity index is 1.49. The van der Waals surface area contributed by atoms with E-state index in [1.54, 1.807) is 0 Å². The second-order valence-electron chi connectivity index (χ2n) is 6.44. The van der Waals surface area contributed by atoms with Crippen LogP contribution in [0.2, 0.25) is 5.02 Å². The normalized spacial score (nSPS) is 27.8. The van der Waals surface area contributed by atoms with E-state index in [1.165, 1.54) is 31.6 Å². The lowest BCUT2D eigenvalue weighted by Gasteiger charge is -2.40. The molecule has 0 aromatic heterocycles. The Labute approximate surface area is 133 Å². The number of benzene rings is 1. The fourth-order valence-electron chi connectivity index (χ4n) is 3.48. The van der Waals surface area contributed by atoms with Gasteiger partial charge in [-0.2, -0.15) is 0 Å². The molecule has 2 aliphatic heterocycles. The molecule has 2 atom stereocenters. The Morgan fingerprint density at radius 2 is 1.86 bits per heavy atom. The van der Waals surface area contributed by atoms with Crippen molar-refractivity contribution in [2.75, 3.05) is 44.2 Å². The van der Waals surface area contributed by atoms with Crippen LogP contribution in [0.4, 0.5) is 5.69 Å². The number of halogens is 1. The van der Waals surface area contributed by atoms with E-state index in [2.05, 4.69) is 34.2 Å². The molecule has 2 unspecified atom stereocenters. The molecule has 21 heavy (non-hydrogen) atoms. The number of hydrogen-bond acceptors (Lipinski definition) is 3. The van der Waals surface area contributed by atoms with Gasteiger partial charge >= 0.3 is 0 Å². The third-order valence-electron chi connectivity index (χ3n) is 4.95. The lowest BCUT2D eigenvalue weighted by atomic mass is 9.92. The molecule has 0 spiro atoms. The van der Waals surface area contributed by atoms with Gasteiger partial charge in [0.1, 0.15) is 0 Å². The van der Waals surface area contributed by atoms with Crippen molar-refractivity contribution in [1.29, 1.82) is 0 Å². The van der Waals surface area contributed by atoms with E-state index in [-0.39, 0.29) is 0 Å². The second kappa shape index (κ2) is 6.99. The van der Waals surface area contributed by atoms with Crippen molar-refractivity contribution in [3.05, 3.63) is 29.3 Å². The highest BCUT2D eigenvalue weighted by Crippen LogP contribution is 2.21. The van der Waals surface area contributed by atoms with Gasteiger partial charge in [0.25, 0.3) is 0 Å². The van der Waals surface area contributed by atoms with Crippen molar-refractivity contribution < 1.29 is 0 Å². The Kier molecular flexibility index (Phi) is 5.04. The third kappa shape index (κ3) is 3.91. The molecule has 0 amide bonds. The summed E-state index contributed by atoms with van der Waals surface area (Å²) < 4.78 is 0. The average Bonchev–Trinajstić information content (AvgIpc) is 2.51. The van der Waals surface area contributed by atoms with Gasteiger partial charge in [-0.25, -0.2) is 0 Å². The summed E-state index contributed by atoms with van der Waals surface area (Å²) >= 11 is 5.96. The predicted molar refractivity (Wildman–Crippen MR) is 90.3 cm³/mol. The van der Waals surface area contributed by atoms with Gasteiger partial charge in [0, 0.05) is 49.5 Å². The molecular formula is C17H26ClN3. The van der Waals surface area contributed by atoms with E-state index in [1.807, 2.05) is 12.1 Å². The highest BCUT2D eigenvalue weighted by atomic mass is 35.5. The van der Waals surface area contributed by atoms with Crippen LogP contribution in [-0.2, 0) is 0 Å². The van der Waals surface area contributed by atoms with Gasteiger partial charge < -0.3 is 10.2 Å². The molecule has 1 aromatic rings. The summed E-state index contributed by atoms with van der Waals surface area (Å²) in [6.07, 6.45) is 2.71. The summed E-state index contributed by atoms with van der Waals surface area (Å²) in [7, 11) is 0. The minimum Gasteiger partial charge on any atom is -0.369 e. The topological polar surface area (TPSA) is 18.5 Å². The summed E-state index contributed by atoms with van der Waals surface area (Å²) in [5.41, 5.74) is 1.29. The summed E-state index contributed by atoms with van der Waals surface area (Å²) in [5, 5.41) is 4.51. The highest BCUT2D eigenvalue weighted by molar-refractivity contribution is 6.30. The monoisotopic (exact) mass is 307 g/mol. The molecule has 2 fully saturated rings. The van der Waals surface area contributed by atoms with Crippen LogP contribution in [0.1, 0.15) is 19.8 Å². The van der Waals surface area contributed by atoms with Gasteiger partial charge in [0.2, 0.25) is 0 Å². The fourth-order valence-corrected chi connectivity index (χ4v) is 3.60. The quantitative estimate of drug-likeness (QED) is 0.926. The lowest BCUT2D eigenvalue weighted by Crippen LogP contribution is -2.53. The molecule has 116 valence electrons. The molecule has 0 aliphatic carbocycles. The average molecular weight is 308 g/mol. The first-order valence-electron chi connectivity index (χ1n) is 8.18. The van der Waals surface area contributed by atoms with Crippen molar-refractivity contribution in [1.82, 2.24) is 10.2 Å². The van der Waals surface area contributed by atoms with Crippen molar-refractivity contribution in [3.63, 3.8) is 0 Å². The molecule has 4 heteroatoms. The molecule has 1 N–H and O–H groups in total. The van der Waals surface area contributed by atoms with Crippen molar-refractivity contribution in [2.45, 2.75) is 25.8 Å². The molecule has 0 radical (unpaired) electrons. The maximum atomic E-state index is 5.96. The first-order valence-corrected chi connectivity index (χ1v) is 8.56. The summed E-state index contributed by atoms with van der Waals surface area (Å²) in [6, 6.07) is 8.90. The Morgan fingerprint density at radius 3 is 2.52 bits per heavy atom. The van der Waals surface area contributed by atoms with E-state index >= 15 is 0 Å². The number of piperidine rings is 1. The zero-order valence-corrected chi connectivity index (χ0v) is 13.6. The van der Waals surface area contributed by atoms with E-state index in [9.17, 15) is 0 Å². The number of nitrogens with one attached hydrogen (secondary N) is 1. The summed E-state index contributed by atoms with van der Waals surface area (Å²) in [4.78, 5) is 5.08. The zero-order valence-electron chi connectivity index (χ0n) is 12.9. The highest BCUT2D eigenvalue weighted by Gasteiger charge is 2.25. The Bertz CT molecular complexity index is 440. The van der Waals surface area contributed by atoms with Gasteiger partial charge in [-0.05, 0) is 49.6 Å². The number of rotatable bonds is 3. The van der Waals surface area contributed by atoms with Crippen LogP contribution in [0.3, 0.4) is 0 Å². The number of anilines is 1. The standard InChI is InChI=1S/C17H26ClN3/c1-14-3-2-8-19-17(14)13-20-9-11-21(12-10-20)16-6-4-15(18)5-7-16/h4-7,14,17,19H,2-3,8-13H2,1H3. The van der Waals surface area contributed by atoms with Crippen LogP contribution in [0.25, 0.3) is 0 Å². The van der Waals surface area contributed by atoms with Gasteiger partial charge in [-0.15, -0.1) is 0 Å². The third-order valence-corrected chi connectivity index (χ3v) is 5.20. The van der Waals surface area contributed by atoms with Gasteiger partial charge in [0.15, 0.2) is 0 Å². The molecule has 3 rings (SSSR count). The van der Waals surface area contributed by atoms with Gasteiger partial charge in [-0.3, -0.25) is 4.90 Å². The number of piperazine rings is 1. The van der Waals surface area contributed by atoms with Crippen LogP contribution < -0.4 is 10.2 Å². The largest absolute Gasteiger partial charge is 0.369 e. The SMILES string of the molecule is CC1CCCNC1CN1CCN(c2ccc(Cl)cc2)CC1. The van der Waals surface area contributed by atoms with Gasteiger partial charge in [-0.1, -0.05) is 18.5 Å². The Hall–Kier alpha value is -0.770. The lowest BCUT2D eigenvalue weighted by molar-refractivity contribution is 0.183. The van der Waals surface area contributed by atoms with Crippen LogP contribution in [-0.4, -0.2) is 50.2 Å².